The average molecular weight is 155 g/mol. The number of aliphatic hydroxyl groups excluding tert-OH is 1. The molecule has 1 heterocycles. The first-order valence-electron chi connectivity index (χ1n) is 4.79. The van der Waals surface area contributed by atoms with Crippen molar-refractivity contribution in [2.45, 2.75) is 44.2 Å². The number of fused-ring (bicyclic) bond motifs is 1. The topological polar surface area (TPSA) is 32.3 Å². The minimum atomic E-state index is -0.0573. The minimum Gasteiger partial charge on any atom is -0.391 e. The molecule has 0 bridgehead atoms. The van der Waals surface area contributed by atoms with E-state index in [-0.39, 0.29) is 6.10 Å². The van der Waals surface area contributed by atoms with Gasteiger partial charge in [-0.05, 0) is 12.8 Å². The predicted molar refractivity (Wildman–Crippen MR) is 44.4 cm³/mol. The number of β-amino-alcohol motifs (C(OH)–C–C–N with tert-alkyl or cyclic N) is 1. The van der Waals surface area contributed by atoms with Gasteiger partial charge in [0.15, 0.2) is 0 Å². The van der Waals surface area contributed by atoms with Gasteiger partial charge in [0.2, 0.25) is 0 Å². The summed E-state index contributed by atoms with van der Waals surface area (Å²) in [5.41, 5.74) is 0. The Kier molecular flexibility index (Phi) is 2.14. The van der Waals surface area contributed by atoms with Crippen LogP contribution in [-0.4, -0.2) is 23.8 Å². The highest BCUT2D eigenvalue weighted by Gasteiger charge is 2.34. The summed E-state index contributed by atoms with van der Waals surface area (Å²) in [6.07, 6.45) is 6.49. The van der Waals surface area contributed by atoms with Gasteiger partial charge in [0, 0.05) is 18.5 Å². The second-order valence-corrected chi connectivity index (χ2v) is 3.88. The summed E-state index contributed by atoms with van der Waals surface area (Å²) in [5.74, 6) is 0.567. The van der Waals surface area contributed by atoms with Crippen molar-refractivity contribution in [3.63, 3.8) is 0 Å². The van der Waals surface area contributed by atoms with E-state index in [1.165, 1.54) is 32.1 Å². The molecule has 64 valence electrons. The quantitative estimate of drug-likeness (QED) is 0.544. The number of rotatable bonds is 0. The molecule has 1 saturated carbocycles. The van der Waals surface area contributed by atoms with Gasteiger partial charge < -0.3 is 10.4 Å². The van der Waals surface area contributed by atoms with Gasteiger partial charge in [-0.2, -0.15) is 0 Å². The van der Waals surface area contributed by atoms with Crippen molar-refractivity contribution >= 4 is 0 Å². The van der Waals surface area contributed by atoms with Crippen molar-refractivity contribution in [1.82, 2.24) is 5.32 Å². The molecule has 3 unspecified atom stereocenters. The van der Waals surface area contributed by atoms with Crippen molar-refractivity contribution in [2.75, 3.05) is 6.54 Å². The standard InChI is InChI=1S/C9H17NO/c11-9-6-10-8-5-3-1-2-4-7(8)9/h7-11H,1-6H2. The lowest BCUT2D eigenvalue weighted by Gasteiger charge is -2.17. The highest BCUT2D eigenvalue weighted by Crippen LogP contribution is 2.29. The molecule has 0 spiro atoms. The lowest BCUT2D eigenvalue weighted by Crippen LogP contribution is -2.26. The molecule has 0 aromatic rings. The van der Waals surface area contributed by atoms with Crippen LogP contribution in [0.2, 0.25) is 0 Å². The third-order valence-corrected chi connectivity index (χ3v) is 3.15. The third-order valence-electron chi connectivity index (χ3n) is 3.15. The Morgan fingerprint density at radius 3 is 2.82 bits per heavy atom. The lowest BCUT2D eigenvalue weighted by atomic mass is 9.94. The van der Waals surface area contributed by atoms with E-state index in [4.69, 9.17) is 0 Å². The van der Waals surface area contributed by atoms with Crippen LogP contribution in [0.25, 0.3) is 0 Å². The highest BCUT2D eigenvalue weighted by molar-refractivity contribution is 4.91. The van der Waals surface area contributed by atoms with Crippen LogP contribution in [0, 0.1) is 5.92 Å². The van der Waals surface area contributed by atoms with Crippen molar-refractivity contribution in [1.29, 1.82) is 0 Å². The molecule has 2 aliphatic rings. The molecule has 0 aromatic heterocycles. The third kappa shape index (κ3) is 1.42. The van der Waals surface area contributed by atoms with Crippen LogP contribution in [0.15, 0.2) is 0 Å². The molecule has 2 heteroatoms. The molecule has 2 fully saturated rings. The fourth-order valence-electron chi connectivity index (χ4n) is 2.47. The molecule has 3 atom stereocenters. The Hall–Kier alpha value is -0.0800. The molecule has 1 saturated heterocycles. The summed E-state index contributed by atoms with van der Waals surface area (Å²) < 4.78 is 0. The monoisotopic (exact) mass is 155 g/mol. The molecule has 0 amide bonds. The van der Waals surface area contributed by atoms with Crippen molar-refractivity contribution < 1.29 is 5.11 Å². The maximum absolute atomic E-state index is 9.59. The maximum Gasteiger partial charge on any atom is 0.0707 e. The first kappa shape index (κ1) is 7.56. The Bertz CT molecular complexity index is 138. The minimum absolute atomic E-state index is 0.0573. The van der Waals surface area contributed by atoms with E-state index in [0.717, 1.165) is 6.54 Å². The Balaban J connectivity index is 2.00. The van der Waals surface area contributed by atoms with Crippen LogP contribution < -0.4 is 5.32 Å². The van der Waals surface area contributed by atoms with E-state index >= 15 is 0 Å². The van der Waals surface area contributed by atoms with E-state index in [0.29, 0.717) is 12.0 Å². The van der Waals surface area contributed by atoms with E-state index < -0.39 is 0 Å². The molecule has 2 rings (SSSR count). The van der Waals surface area contributed by atoms with Crippen LogP contribution in [-0.2, 0) is 0 Å². The van der Waals surface area contributed by atoms with Crippen molar-refractivity contribution in [3.05, 3.63) is 0 Å². The molecule has 11 heavy (non-hydrogen) atoms. The van der Waals surface area contributed by atoms with Crippen LogP contribution >= 0.6 is 0 Å². The average Bonchev–Trinajstić information content (AvgIpc) is 2.25. The van der Waals surface area contributed by atoms with Gasteiger partial charge >= 0.3 is 0 Å². The molecule has 2 N–H and O–H groups in total. The highest BCUT2D eigenvalue weighted by atomic mass is 16.3. The smallest absolute Gasteiger partial charge is 0.0707 e. The number of hydrogen-bond donors (Lipinski definition) is 2. The summed E-state index contributed by atoms with van der Waals surface area (Å²) in [5, 5.41) is 13.0. The lowest BCUT2D eigenvalue weighted by molar-refractivity contribution is 0.133. The zero-order valence-corrected chi connectivity index (χ0v) is 6.92. The first-order chi connectivity index (χ1) is 5.38. The van der Waals surface area contributed by atoms with E-state index in [1.54, 1.807) is 0 Å². The second kappa shape index (κ2) is 3.11. The normalized spacial score (nSPS) is 45.0. The number of nitrogens with one attached hydrogen (secondary N) is 1. The Labute approximate surface area is 68.0 Å². The number of aliphatic hydroxyl groups is 1. The van der Waals surface area contributed by atoms with Gasteiger partial charge in [0.25, 0.3) is 0 Å². The van der Waals surface area contributed by atoms with Gasteiger partial charge in [-0.15, -0.1) is 0 Å². The zero-order valence-electron chi connectivity index (χ0n) is 6.92. The molecule has 0 radical (unpaired) electrons. The van der Waals surface area contributed by atoms with Crippen LogP contribution in [0.1, 0.15) is 32.1 Å². The maximum atomic E-state index is 9.59. The van der Waals surface area contributed by atoms with Crippen LogP contribution in [0.5, 0.6) is 0 Å². The van der Waals surface area contributed by atoms with Gasteiger partial charge in [0.1, 0.15) is 0 Å². The first-order valence-corrected chi connectivity index (χ1v) is 4.79. The summed E-state index contributed by atoms with van der Waals surface area (Å²) in [6.45, 7) is 0.829. The summed E-state index contributed by atoms with van der Waals surface area (Å²) >= 11 is 0. The summed E-state index contributed by atoms with van der Waals surface area (Å²) in [7, 11) is 0. The second-order valence-electron chi connectivity index (χ2n) is 3.88. The SMILES string of the molecule is OC1CNC2CCCCCC12. The van der Waals surface area contributed by atoms with Crippen molar-refractivity contribution in [2.24, 2.45) is 5.92 Å². The van der Waals surface area contributed by atoms with Crippen molar-refractivity contribution in [3.8, 4) is 0 Å². The summed E-state index contributed by atoms with van der Waals surface area (Å²) in [6, 6.07) is 0.632. The molecular weight excluding hydrogens is 138 g/mol. The van der Waals surface area contributed by atoms with E-state index in [1.807, 2.05) is 0 Å². The molecule has 0 aromatic carbocycles. The van der Waals surface area contributed by atoms with Gasteiger partial charge in [-0.1, -0.05) is 19.3 Å². The van der Waals surface area contributed by atoms with Gasteiger partial charge in [0.05, 0.1) is 6.10 Å². The van der Waals surface area contributed by atoms with Crippen LogP contribution in [0.4, 0.5) is 0 Å². The molecule has 2 nitrogen and oxygen atoms in total. The van der Waals surface area contributed by atoms with E-state index in [2.05, 4.69) is 5.32 Å². The molecular formula is C9H17NO. The zero-order chi connectivity index (χ0) is 7.68. The predicted octanol–water partition coefficient (Wildman–Crippen LogP) is 0.899. The molecule has 1 aliphatic heterocycles. The largest absolute Gasteiger partial charge is 0.391 e. The van der Waals surface area contributed by atoms with Gasteiger partial charge in [-0.3, -0.25) is 0 Å². The Morgan fingerprint density at radius 2 is 1.91 bits per heavy atom. The Morgan fingerprint density at radius 1 is 1.09 bits per heavy atom. The van der Waals surface area contributed by atoms with E-state index in [9.17, 15) is 5.11 Å². The van der Waals surface area contributed by atoms with Gasteiger partial charge in [-0.25, -0.2) is 0 Å². The summed E-state index contributed by atoms with van der Waals surface area (Å²) in [4.78, 5) is 0. The fourth-order valence-corrected chi connectivity index (χ4v) is 2.47. The van der Waals surface area contributed by atoms with Crippen LogP contribution in [0.3, 0.4) is 0 Å². The molecule has 1 aliphatic carbocycles. The fraction of sp³-hybridized carbons (Fsp3) is 1.00. The number of hydrogen-bond acceptors (Lipinski definition) is 2.